The molecule has 1 aromatic carbocycles. The molecular formula is C15H18FN3. The lowest BCUT2D eigenvalue weighted by Crippen LogP contribution is -2.29. The summed E-state index contributed by atoms with van der Waals surface area (Å²) < 4.78 is 15.3. The number of hydrogen-bond acceptors (Lipinski definition) is 2. The highest BCUT2D eigenvalue weighted by molar-refractivity contribution is 5.59. The van der Waals surface area contributed by atoms with E-state index in [-0.39, 0.29) is 6.04 Å². The lowest BCUT2D eigenvalue weighted by atomic mass is 10.1. The first-order valence-corrected chi connectivity index (χ1v) is 6.73. The van der Waals surface area contributed by atoms with E-state index in [1.54, 1.807) is 0 Å². The zero-order valence-corrected chi connectivity index (χ0v) is 11.0. The Balaban J connectivity index is 1.95. The molecule has 2 aromatic rings. The summed E-state index contributed by atoms with van der Waals surface area (Å²) in [7, 11) is 0. The normalized spacial score (nSPS) is 22.3. The van der Waals surface area contributed by atoms with Crippen molar-refractivity contribution in [1.82, 2.24) is 9.55 Å². The average Bonchev–Trinajstić information content (AvgIpc) is 2.83. The van der Waals surface area contributed by atoms with Crippen LogP contribution >= 0.6 is 0 Å². The van der Waals surface area contributed by atoms with Crippen molar-refractivity contribution in [2.75, 3.05) is 0 Å². The van der Waals surface area contributed by atoms with Gasteiger partial charge in [0.25, 0.3) is 0 Å². The number of halogens is 1. The highest BCUT2D eigenvalue weighted by Gasteiger charge is 2.26. The topological polar surface area (TPSA) is 43.8 Å². The van der Waals surface area contributed by atoms with Crippen molar-refractivity contribution in [1.29, 1.82) is 0 Å². The van der Waals surface area contributed by atoms with E-state index < -0.39 is 6.17 Å². The zero-order chi connectivity index (χ0) is 13.4. The lowest BCUT2D eigenvalue weighted by molar-refractivity contribution is 0.230. The molecular weight excluding hydrogens is 241 g/mol. The minimum Gasteiger partial charge on any atom is -0.330 e. The van der Waals surface area contributed by atoms with Crippen molar-refractivity contribution in [3.63, 3.8) is 0 Å². The Labute approximate surface area is 112 Å². The van der Waals surface area contributed by atoms with Crippen LogP contribution in [0.4, 0.5) is 4.39 Å². The summed E-state index contributed by atoms with van der Waals surface area (Å²) in [5.41, 5.74) is 9.18. The summed E-state index contributed by atoms with van der Waals surface area (Å²) in [6, 6.07) is 8.03. The number of benzene rings is 1. The Kier molecular flexibility index (Phi) is 3.11. The number of rotatable bonds is 2. The fourth-order valence-electron chi connectivity index (χ4n) is 2.59. The fourth-order valence-corrected chi connectivity index (χ4v) is 2.59. The Morgan fingerprint density at radius 1 is 1.37 bits per heavy atom. The summed E-state index contributed by atoms with van der Waals surface area (Å²) in [6.45, 7) is 2.49. The van der Waals surface area contributed by atoms with Crippen LogP contribution in [-0.4, -0.2) is 15.7 Å². The molecule has 3 nitrogen and oxygen atoms in total. The number of nitrogens with zero attached hydrogens (tertiary/aromatic N) is 2. The van der Waals surface area contributed by atoms with Crippen molar-refractivity contribution in [2.45, 2.75) is 38.5 Å². The second-order valence-electron chi connectivity index (χ2n) is 5.13. The smallest absolute Gasteiger partial charge is 0.126 e. The molecule has 0 bridgehead atoms. The molecule has 1 aliphatic rings. The minimum atomic E-state index is -0.869. The van der Waals surface area contributed by atoms with Gasteiger partial charge in [-0.05, 0) is 12.0 Å². The summed E-state index contributed by atoms with van der Waals surface area (Å²) in [5.74, 6) is 0.795. The van der Waals surface area contributed by atoms with Crippen LogP contribution in [0.15, 0.2) is 30.5 Å². The van der Waals surface area contributed by atoms with E-state index >= 15 is 0 Å². The largest absolute Gasteiger partial charge is 0.330 e. The van der Waals surface area contributed by atoms with Crippen molar-refractivity contribution in [3.8, 4) is 11.3 Å². The van der Waals surface area contributed by atoms with E-state index in [0.717, 1.165) is 23.5 Å². The molecule has 1 aliphatic heterocycles. The van der Waals surface area contributed by atoms with Crippen molar-refractivity contribution >= 4 is 0 Å². The summed E-state index contributed by atoms with van der Waals surface area (Å²) in [6.07, 6.45) is 2.42. The molecule has 100 valence electrons. The number of nitrogens with two attached hydrogens (primary N) is 1. The van der Waals surface area contributed by atoms with Crippen LogP contribution in [0.3, 0.4) is 0 Å². The standard InChI is InChI=1S/C15H18FN3/c1-2-10-3-5-11(6-4-10)14-9-19-8-12(16)7-13(17)15(19)18-14/h3-6,9,12-13H,2,7-8,17H2,1H3. The highest BCUT2D eigenvalue weighted by Crippen LogP contribution is 2.28. The van der Waals surface area contributed by atoms with Crippen LogP contribution in [0, 0.1) is 0 Å². The molecule has 0 radical (unpaired) electrons. The number of aryl methyl sites for hydroxylation is 1. The molecule has 0 saturated heterocycles. The van der Waals surface area contributed by atoms with E-state index in [2.05, 4.69) is 36.2 Å². The quantitative estimate of drug-likeness (QED) is 0.901. The second kappa shape index (κ2) is 4.78. The van der Waals surface area contributed by atoms with Gasteiger partial charge in [0.1, 0.15) is 12.0 Å². The molecule has 2 atom stereocenters. The third-order valence-electron chi connectivity index (χ3n) is 3.70. The minimum absolute atomic E-state index is 0.299. The predicted molar refractivity (Wildman–Crippen MR) is 73.5 cm³/mol. The van der Waals surface area contributed by atoms with Crippen LogP contribution in [0.2, 0.25) is 0 Å². The van der Waals surface area contributed by atoms with E-state index in [1.165, 1.54) is 5.56 Å². The third-order valence-corrected chi connectivity index (χ3v) is 3.70. The van der Waals surface area contributed by atoms with Gasteiger partial charge in [-0.15, -0.1) is 0 Å². The molecule has 0 spiro atoms. The first-order valence-electron chi connectivity index (χ1n) is 6.73. The van der Waals surface area contributed by atoms with Gasteiger partial charge < -0.3 is 10.3 Å². The molecule has 0 fully saturated rings. The van der Waals surface area contributed by atoms with Gasteiger partial charge in [-0.2, -0.15) is 0 Å². The predicted octanol–water partition coefficient (Wildman–Crippen LogP) is 2.85. The molecule has 4 heteroatoms. The Morgan fingerprint density at radius 3 is 2.79 bits per heavy atom. The monoisotopic (exact) mass is 259 g/mol. The van der Waals surface area contributed by atoms with Gasteiger partial charge >= 0.3 is 0 Å². The molecule has 2 N–H and O–H groups in total. The SMILES string of the molecule is CCc1ccc(-c2cn3c(n2)C(N)CC(F)C3)cc1. The molecule has 2 unspecified atom stereocenters. The number of alkyl halides is 1. The van der Waals surface area contributed by atoms with E-state index in [1.807, 2.05) is 10.8 Å². The third kappa shape index (κ3) is 2.28. The molecule has 0 aliphatic carbocycles. The van der Waals surface area contributed by atoms with Crippen molar-refractivity contribution < 1.29 is 4.39 Å². The molecule has 0 saturated carbocycles. The molecule has 2 heterocycles. The Hall–Kier alpha value is -1.68. The van der Waals surface area contributed by atoms with E-state index in [4.69, 9.17) is 5.73 Å². The van der Waals surface area contributed by atoms with Gasteiger partial charge in [-0.1, -0.05) is 31.2 Å². The Bertz CT molecular complexity index is 574. The average molecular weight is 259 g/mol. The number of fused-ring (bicyclic) bond motifs is 1. The molecule has 3 rings (SSSR count). The van der Waals surface area contributed by atoms with Crippen LogP contribution in [0.1, 0.15) is 30.8 Å². The van der Waals surface area contributed by atoms with E-state index in [0.29, 0.717) is 13.0 Å². The van der Waals surface area contributed by atoms with Gasteiger partial charge in [0.15, 0.2) is 0 Å². The summed E-state index contributed by atoms with van der Waals surface area (Å²) in [4.78, 5) is 4.56. The maximum atomic E-state index is 13.5. The number of imidazole rings is 1. The van der Waals surface area contributed by atoms with Crippen molar-refractivity contribution in [3.05, 3.63) is 41.9 Å². The molecule has 0 amide bonds. The zero-order valence-electron chi connectivity index (χ0n) is 11.0. The first-order chi connectivity index (χ1) is 9.17. The van der Waals surface area contributed by atoms with Gasteiger partial charge in [0, 0.05) is 18.2 Å². The van der Waals surface area contributed by atoms with Gasteiger partial charge in [-0.3, -0.25) is 0 Å². The van der Waals surface area contributed by atoms with Gasteiger partial charge in [0.05, 0.1) is 18.3 Å². The number of hydrogen-bond donors (Lipinski definition) is 1. The maximum absolute atomic E-state index is 13.5. The van der Waals surface area contributed by atoms with Crippen LogP contribution < -0.4 is 5.73 Å². The van der Waals surface area contributed by atoms with Crippen molar-refractivity contribution in [2.24, 2.45) is 5.73 Å². The number of aromatic nitrogens is 2. The second-order valence-corrected chi connectivity index (χ2v) is 5.13. The van der Waals surface area contributed by atoms with Crippen LogP contribution in [0.5, 0.6) is 0 Å². The van der Waals surface area contributed by atoms with Gasteiger partial charge in [-0.25, -0.2) is 9.37 Å². The maximum Gasteiger partial charge on any atom is 0.126 e. The van der Waals surface area contributed by atoms with Crippen LogP contribution in [0.25, 0.3) is 11.3 Å². The molecule has 1 aromatic heterocycles. The lowest BCUT2D eigenvalue weighted by Gasteiger charge is -2.22. The van der Waals surface area contributed by atoms with Crippen LogP contribution in [-0.2, 0) is 13.0 Å². The Morgan fingerprint density at radius 2 is 2.11 bits per heavy atom. The molecule has 19 heavy (non-hydrogen) atoms. The van der Waals surface area contributed by atoms with E-state index in [9.17, 15) is 4.39 Å². The first kappa shape index (κ1) is 12.4. The fraction of sp³-hybridized carbons (Fsp3) is 0.400. The highest BCUT2D eigenvalue weighted by atomic mass is 19.1. The summed E-state index contributed by atoms with van der Waals surface area (Å²) in [5, 5.41) is 0. The van der Waals surface area contributed by atoms with Gasteiger partial charge in [0.2, 0.25) is 0 Å². The summed E-state index contributed by atoms with van der Waals surface area (Å²) >= 11 is 0.